The summed E-state index contributed by atoms with van der Waals surface area (Å²) in [7, 11) is 0. The number of amides is 2. The number of ether oxygens (including phenoxy) is 3. The number of carbonyl (C=O) groups excluding carboxylic acids is 2. The molecule has 136 valence electrons. The van der Waals surface area contributed by atoms with Crippen LogP contribution in [0.2, 0.25) is 0 Å². The average molecular weight is 340 g/mol. The van der Waals surface area contributed by atoms with E-state index in [4.69, 9.17) is 14.2 Å². The maximum atomic E-state index is 12.1. The first-order chi connectivity index (χ1) is 11.6. The lowest BCUT2D eigenvalue weighted by Crippen LogP contribution is -2.67. The molecule has 2 amide bonds. The molecule has 1 atom stereocenters. The van der Waals surface area contributed by atoms with Gasteiger partial charge in [-0.15, -0.1) is 0 Å². The standard InChI is InChI=1S/C17H28N2O5/c1-2-22-10-15(20)19-12-17(13-19)9-14(5-8-24-17)23-11-16(21)18-6-3-4-7-18/h14H,2-13H2,1H3/t14-/m1/s1. The minimum Gasteiger partial charge on any atom is -0.372 e. The molecule has 0 unspecified atom stereocenters. The monoisotopic (exact) mass is 340 g/mol. The Morgan fingerprint density at radius 1 is 1.12 bits per heavy atom. The van der Waals surface area contributed by atoms with E-state index < -0.39 is 0 Å². The minimum atomic E-state index is -0.290. The molecule has 0 N–H and O–H groups in total. The number of rotatable bonds is 6. The molecule has 3 heterocycles. The largest absolute Gasteiger partial charge is 0.372 e. The van der Waals surface area contributed by atoms with Crippen molar-refractivity contribution in [2.75, 3.05) is 52.6 Å². The Balaban J connectivity index is 1.40. The van der Waals surface area contributed by atoms with E-state index in [1.54, 1.807) is 4.90 Å². The lowest BCUT2D eigenvalue weighted by atomic mass is 9.84. The molecule has 3 rings (SSSR count). The first kappa shape index (κ1) is 17.6. The first-order valence-corrected chi connectivity index (χ1v) is 9.01. The van der Waals surface area contributed by atoms with Crippen molar-refractivity contribution in [3.63, 3.8) is 0 Å². The summed E-state index contributed by atoms with van der Waals surface area (Å²) < 4.78 is 16.9. The van der Waals surface area contributed by atoms with E-state index in [1.807, 2.05) is 11.8 Å². The number of hydrogen-bond donors (Lipinski definition) is 0. The van der Waals surface area contributed by atoms with E-state index in [9.17, 15) is 9.59 Å². The Morgan fingerprint density at radius 3 is 2.54 bits per heavy atom. The molecule has 3 fully saturated rings. The molecule has 7 heteroatoms. The van der Waals surface area contributed by atoms with Crippen molar-refractivity contribution in [1.82, 2.24) is 9.80 Å². The molecule has 3 saturated heterocycles. The molecule has 3 aliphatic heterocycles. The smallest absolute Gasteiger partial charge is 0.248 e. The van der Waals surface area contributed by atoms with Crippen molar-refractivity contribution < 1.29 is 23.8 Å². The zero-order chi connectivity index (χ0) is 17.0. The van der Waals surface area contributed by atoms with Crippen molar-refractivity contribution in [3.8, 4) is 0 Å². The van der Waals surface area contributed by atoms with Gasteiger partial charge in [0.25, 0.3) is 0 Å². The summed E-state index contributed by atoms with van der Waals surface area (Å²) in [4.78, 5) is 27.6. The highest BCUT2D eigenvalue weighted by Crippen LogP contribution is 2.35. The highest BCUT2D eigenvalue weighted by atomic mass is 16.5. The molecule has 0 saturated carbocycles. The van der Waals surface area contributed by atoms with Crippen molar-refractivity contribution in [2.24, 2.45) is 0 Å². The van der Waals surface area contributed by atoms with Gasteiger partial charge in [0.05, 0.1) is 19.2 Å². The number of hydrogen-bond acceptors (Lipinski definition) is 5. The molecular weight excluding hydrogens is 312 g/mol. The fourth-order valence-electron chi connectivity index (χ4n) is 3.70. The maximum absolute atomic E-state index is 12.1. The highest BCUT2D eigenvalue weighted by molar-refractivity contribution is 5.78. The van der Waals surface area contributed by atoms with Gasteiger partial charge in [0.2, 0.25) is 11.8 Å². The number of carbonyl (C=O) groups is 2. The van der Waals surface area contributed by atoms with Gasteiger partial charge in [-0.3, -0.25) is 9.59 Å². The van der Waals surface area contributed by atoms with Gasteiger partial charge in [-0.05, 0) is 26.2 Å². The fraction of sp³-hybridized carbons (Fsp3) is 0.882. The van der Waals surface area contributed by atoms with Crippen LogP contribution in [0.3, 0.4) is 0 Å². The van der Waals surface area contributed by atoms with Crippen LogP contribution in [0.25, 0.3) is 0 Å². The molecule has 1 spiro atoms. The van der Waals surface area contributed by atoms with E-state index in [0.29, 0.717) is 26.3 Å². The molecule has 0 aromatic rings. The Labute approximate surface area is 143 Å². The first-order valence-electron chi connectivity index (χ1n) is 9.01. The topological polar surface area (TPSA) is 68.3 Å². The second kappa shape index (κ2) is 7.80. The number of nitrogens with zero attached hydrogens (tertiary/aromatic N) is 2. The summed E-state index contributed by atoms with van der Waals surface area (Å²) in [6.45, 7) is 6.24. The van der Waals surface area contributed by atoms with Gasteiger partial charge in [0, 0.05) is 32.7 Å². The second-order valence-electron chi connectivity index (χ2n) is 6.93. The van der Waals surface area contributed by atoms with Gasteiger partial charge in [-0.25, -0.2) is 0 Å². The third-order valence-corrected chi connectivity index (χ3v) is 5.09. The normalized spacial score (nSPS) is 25.8. The summed E-state index contributed by atoms with van der Waals surface area (Å²) in [5.41, 5.74) is -0.290. The van der Waals surface area contributed by atoms with E-state index in [1.165, 1.54) is 0 Å². The molecule has 7 nitrogen and oxygen atoms in total. The lowest BCUT2D eigenvalue weighted by Gasteiger charge is -2.52. The summed E-state index contributed by atoms with van der Waals surface area (Å²) in [6, 6.07) is 0. The highest BCUT2D eigenvalue weighted by Gasteiger charge is 2.49. The quantitative estimate of drug-likeness (QED) is 0.701. The van der Waals surface area contributed by atoms with Crippen LogP contribution in [0.4, 0.5) is 0 Å². The van der Waals surface area contributed by atoms with Crippen LogP contribution in [-0.4, -0.2) is 85.9 Å². The Morgan fingerprint density at radius 2 is 1.83 bits per heavy atom. The zero-order valence-electron chi connectivity index (χ0n) is 14.5. The third kappa shape index (κ3) is 4.07. The average Bonchev–Trinajstić information content (AvgIpc) is 3.10. The van der Waals surface area contributed by atoms with Crippen molar-refractivity contribution in [3.05, 3.63) is 0 Å². The molecule has 3 aliphatic rings. The molecule has 0 radical (unpaired) electrons. The van der Waals surface area contributed by atoms with Crippen LogP contribution in [-0.2, 0) is 23.8 Å². The van der Waals surface area contributed by atoms with Gasteiger partial charge < -0.3 is 24.0 Å². The van der Waals surface area contributed by atoms with Gasteiger partial charge in [-0.1, -0.05) is 0 Å². The van der Waals surface area contributed by atoms with Gasteiger partial charge >= 0.3 is 0 Å². The van der Waals surface area contributed by atoms with E-state index >= 15 is 0 Å². The summed E-state index contributed by atoms with van der Waals surface area (Å²) >= 11 is 0. The summed E-state index contributed by atoms with van der Waals surface area (Å²) in [5, 5.41) is 0. The molecule has 0 aromatic heterocycles. The Hall–Kier alpha value is -1.18. The predicted molar refractivity (Wildman–Crippen MR) is 86.5 cm³/mol. The molecular formula is C17H28N2O5. The second-order valence-corrected chi connectivity index (χ2v) is 6.93. The summed E-state index contributed by atoms with van der Waals surface area (Å²) in [5.74, 6) is 0.105. The van der Waals surface area contributed by atoms with Crippen LogP contribution < -0.4 is 0 Å². The van der Waals surface area contributed by atoms with Crippen LogP contribution in [0, 0.1) is 0 Å². The van der Waals surface area contributed by atoms with E-state index in [-0.39, 0.29) is 36.7 Å². The maximum Gasteiger partial charge on any atom is 0.248 e. The SMILES string of the molecule is CCOCC(=O)N1CC2(C[C@H](OCC(=O)N3CCCC3)CCO2)C1. The van der Waals surface area contributed by atoms with Gasteiger partial charge in [0.1, 0.15) is 18.8 Å². The predicted octanol–water partition coefficient (Wildman–Crippen LogP) is 0.422. The summed E-state index contributed by atoms with van der Waals surface area (Å²) in [6.07, 6.45) is 3.78. The van der Waals surface area contributed by atoms with Gasteiger partial charge in [0.15, 0.2) is 0 Å². The molecule has 0 bridgehead atoms. The van der Waals surface area contributed by atoms with Crippen molar-refractivity contribution in [1.29, 1.82) is 0 Å². The van der Waals surface area contributed by atoms with Crippen LogP contribution >= 0.6 is 0 Å². The van der Waals surface area contributed by atoms with Gasteiger partial charge in [-0.2, -0.15) is 0 Å². The Bertz CT molecular complexity index is 458. The fourth-order valence-corrected chi connectivity index (χ4v) is 3.70. The Kier molecular flexibility index (Phi) is 5.73. The van der Waals surface area contributed by atoms with Crippen LogP contribution in [0.1, 0.15) is 32.6 Å². The van der Waals surface area contributed by atoms with Crippen molar-refractivity contribution in [2.45, 2.75) is 44.3 Å². The minimum absolute atomic E-state index is 0.0123. The lowest BCUT2D eigenvalue weighted by molar-refractivity contribution is -0.203. The van der Waals surface area contributed by atoms with E-state index in [0.717, 1.165) is 38.8 Å². The van der Waals surface area contributed by atoms with Crippen LogP contribution in [0.5, 0.6) is 0 Å². The van der Waals surface area contributed by atoms with Crippen LogP contribution in [0.15, 0.2) is 0 Å². The molecule has 24 heavy (non-hydrogen) atoms. The molecule has 0 aromatic carbocycles. The van der Waals surface area contributed by atoms with E-state index in [2.05, 4.69) is 0 Å². The molecule has 0 aliphatic carbocycles. The third-order valence-electron chi connectivity index (χ3n) is 5.09. The van der Waals surface area contributed by atoms with Crippen molar-refractivity contribution >= 4 is 11.8 Å². The zero-order valence-corrected chi connectivity index (χ0v) is 14.5. The number of likely N-dealkylation sites (tertiary alicyclic amines) is 2.